The molecule has 0 bridgehead atoms. The Labute approximate surface area is 134 Å². The Balaban J connectivity index is 2.15. The maximum absolute atomic E-state index is 13.6. The van der Waals surface area contributed by atoms with Gasteiger partial charge >= 0.3 is 0 Å². The molecule has 0 aromatic heterocycles. The van der Waals surface area contributed by atoms with Crippen molar-refractivity contribution in [1.82, 2.24) is 0 Å². The number of nitrogens with zero attached hydrogens (tertiary/aromatic N) is 1. The van der Waals surface area contributed by atoms with Crippen LogP contribution in [-0.2, 0) is 6.61 Å². The van der Waals surface area contributed by atoms with E-state index in [9.17, 15) is 4.39 Å². The lowest BCUT2D eigenvalue weighted by Gasteiger charge is -2.10. The summed E-state index contributed by atoms with van der Waals surface area (Å²) in [6.45, 7) is 0.0356. The molecule has 0 spiro atoms. The third kappa shape index (κ3) is 3.86. The molecule has 0 fully saturated rings. The number of nitrogens with two attached hydrogens (primary N) is 1. The monoisotopic (exact) mass is 372 g/mol. The van der Waals surface area contributed by atoms with E-state index >= 15 is 0 Å². The minimum absolute atomic E-state index is 0.0356. The van der Waals surface area contributed by atoms with Crippen molar-refractivity contribution in [3.63, 3.8) is 0 Å². The maximum atomic E-state index is 13.6. The van der Waals surface area contributed by atoms with E-state index in [0.29, 0.717) is 16.9 Å². The van der Waals surface area contributed by atoms with Gasteiger partial charge < -0.3 is 15.7 Å². The van der Waals surface area contributed by atoms with E-state index in [1.54, 1.807) is 24.3 Å². The van der Waals surface area contributed by atoms with Gasteiger partial charge in [-0.25, -0.2) is 4.39 Å². The van der Waals surface area contributed by atoms with Gasteiger partial charge in [0.25, 0.3) is 0 Å². The van der Waals surface area contributed by atoms with Crippen LogP contribution in [0.4, 0.5) is 4.39 Å². The zero-order chi connectivity index (χ0) is 15.4. The Morgan fingerprint density at radius 2 is 2.10 bits per heavy atom. The number of ether oxygens (including phenoxy) is 1. The second-order valence-electron chi connectivity index (χ2n) is 4.15. The third-order valence-electron chi connectivity index (χ3n) is 2.73. The van der Waals surface area contributed by atoms with Crippen LogP contribution in [0.5, 0.6) is 5.75 Å². The predicted molar refractivity (Wildman–Crippen MR) is 82.4 cm³/mol. The topological polar surface area (TPSA) is 67.8 Å². The maximum Gasteiger partial charge on any atom is 0.170 e. The highest BCUT2D eigenvalue weighted by Gasteiger charge is 2.08. The van der Waals surface area contributed by atoms with E-state index in [2.05, 4.69) is 21.1 Å². The largest absolute Gasteiger partial charge is 0.487 e. The number of oxime groups is 1. The molecular weight excluding hydrogens is 363 g/mol. The molecule has 0 saturated carbocycles. The van der Waals surface area contributed by atoms with E-state index in [4.69, 9.17) is 27.3 Å². The van der Waals surface area contributed by atoms with Crippen LogP contribution < -0.4 is 10.5 Å². The van der Waals surface area contributed by atoms with Crippen molar-refractivity contribution in [2.45, 2.75) is 6.61 Å². The van der Waals surface area contributed by atoms with E-state index < -0.39 is 0 Å². The summed E-state index contributed by atoms with van der Waals surface area (Å²) in [5, 5.41) is 11.8. The average Bonchev–Trinajstić information content (AvgIpc) is 2.48. The molecule has 0 aliphatic rings. The Kier molecular flexibility index (Phi) is 5.03. The van der Waals surface area contributed by atoms with E-state index in [0.717, 1.165) is 4.47 Å². The molecule has 0 heterocycles. The van der Waals surface area contributed by atoms with E-state index in [1.807, 2.05) is 0 Å². The minimum atomic E-state index is -0.359. The number of amidine groups is 1. The summed E-state index contributed by atoms with van der Waals surface area (Å²) >= 11 is 9.32. The van der Waals surface area contributed by atoms with Crippen molar-refractivity contribution in [2.24, 2.45) is 10.9 Å². The third-order valence-corrected chi connectivity index (χ3v) is 3.51. The summed E-state index contributed by atoms with van der Waals surface area (Å²) in [6.07, 6.45) is 0. The lowest BCUT2D eigenvalue weighted by molar-refractivity contribution is 0.300. The first-order valence-electron chi connectivity index (χ1n) is 5.85. The van der Waals surface area contributed by atoms with Crippen LogP contribution in [-0.4, -0.2) is 11.0 Å². The number of hydrogen-bond donors (Lipinski definition) is 2. The molecule has 2 aromatic rings. The van der Waals surface area contributed by atoms with Gasteiger partial charge in [0.15, 0.2) is 5.84 Å². The van der Waals surface area contributed by atoms with Crippen molar-refractivity contribution < 1.29 is 14.3 Å². The van der Waals surface area contributed by atoms with Gasteiger partial charge in [0, 0.05) is 15.6 Å². The molecule has 0 aliphatic heterocycles. The Morgan fingerprint density at radius 1 is 1.33 bits per heavy atom. The lowest BCUT2D eigenvalue weighted by atomic mass is 10.2. The van der Waals surface area contributed by atoms with E-state index in [-0.39, 0.29) is 23.3 Å². The first-order chi connectivity index (χ1) is 10.0. The summed E-state index contributed by atoms with van der Waals surface area (Å²) in [6, 6.07) is 9.26. The summed E-state index contributed by atoms with van der Waals surface area (Å²) in [5.74, 6) is -0.0328. The van der Waals surface area contributed by atoms with Crippen molar-refractivity contribution in [2.75, 3.05) is 0 Å². The molecular formula is C14H11BrClFN2O2. The smallest absolute Gasteiger partial charge is 0.170 e. The van der Waals surface area contributed by atoms with Crippen LogP contribution >= 0.6 is 27.5 Å². The number of halogens is 3. The summed E-state index contributed by atoms with van der Waals surface area (Å²) in [4.78, 5) is 0. The first kappa shape index (κ1) is 15.6. The van der Waals surface area contributed by atoms with Gasteiger partial charge in [0.2, 0.25) is 0 Å². The van der Waals surface area contributed by atoms with Gasteiger partial charge in [-0.1, -0.05) is 32.7 Å². The lowest BCUT2D eigenvalue weighted by Crippen LogP contribution is -2.12. The standard InChI is InChI=1S/C14H11BrClFN2O2/c15-10-2-3-12(17)9(5-10)7-21-13-4-1-8(6-11(13)16)14(18)19-20/h1-6,20H,7H2,(H2,18,19). The molecule has 7 heteroatoms. The molecule has 4 nitrogen and oxygen atoms in total. The van der Waals surface area contributed by atoms with Crippen molar-refractivity contribution in [1.29, 1.82) is 0 Å². The summed E-state index contributed by atoms with van der Waals surface area (Å²) in [5.41, 5.74) is 6.33. The van der Waals surface area contributed by atoms with Gasteiger partial charge in [-0.2, -0.15) is 0 Å². The Bertz CT molecular complexity index is 695. The van der Waals surface area contributed by atoms with Gasteiger partial charge in [0.1, 0.15) is 18.2 Å². The summed E-state index contributed by atoms with van der Waals surface area (Å²) in [7, 11) is 0. The highest BCUT2D eigenvalue weighted by molar-refractivity contribution is 9.10. The SMILES string of the molecule is NC(=NO)c1ccc(OCc2cc(Br)ccc2F)c(Cl)c1. The second kappa shape index (κ2) is 6.78. The molecule has 0 saturated heterocycles. The molecule has 110 valence electrons. The molecule has 21 heavy (non-hydrogen) atoms. The fraction of sp³-hybridized carbons (Fsp3) is 0.0714. The zero-order valence-corrected chi connectivity index (χ0v) is 13.0. The number of hydrogen-bond acceptors (Lipinski definition) is 3. The van der Waals surface area contributed by atoms with Crippen LogP contribution in [0.1, 0.15) is 11.1 Å². The van der Waals surface area contributed by atoms with Gasteiger partial charge in [0.05, 0.1) is 5.02 Å². The molecule has 2 rings (SSSR count). The molecule has 3 N–H and O–H groups in total. The first-order valence-corrected chi connectivity index (χ1v) is 7.02. The average molecular weight is 374 g/mol. The van der Waals surface area contributed by atoms with E-state index in [1.165, 1.54) is 12.1 Å². The normalized spacial score (nSPS) is 11.5. The Hall–Kier alpha value is -1.79. The zero-order valence-electron chi connectivity index (χ0n) is 10.7. The van der Waals surface area contributed by atoms with Gasteiger partial charge in [-0.15, -0.1) is 0 Å². The van der Waals surface area contributed by atoms with Crippen molar-refractivity contribution in [3.8, 4) is 5.75 Å². The molecule has 0 amide bonds. The molecule has 0 unspecified atom stereocenters. The van der Waals surface area contributed by atoms with Crippen LogP contribution in [0.3, 0.4) is 0 Å². The van der Waals surface area contributed by atoms with Gasteiger partial charge in [-0.05, 0) is 36.4 Å². The van der Waals surface area contributed by atoms with Gasteiger partial charge in [-0.3, -0.25) is 0 Å². The minimum Gasteiger partial charge on any atom is -0.487 e. The predicted octanol–water partition coefficient (Wildman–Crippen LogP) is 3.92. The molecule has 0 aliphatic carbocycles. The highest BCUT2D eigenvalue weighted by Crippen LogP contribution is 2.27. The highest BCUT2D eigenvalue weighted by atomic mass is 79.9. The van der Waals surface area contributed by atoms with Crippen molar-refractivity contribution in [3.05, 3.63) is 62.8 Å². The molecule has 0 radical (unpaired) electrons. The second-order valence-corrected chi connectivity index (χ2v) is 5.48. The van der Waals surface area contributed by atoms with Crippen LogP contribution in [0.15, 0.2) is 46.0 Å². The number of rotatable bonds is 4. The van der Waals surface area contributed by atoms with Crippen LogP contribution in [0.2, 0.25) is 5.02 Å². The van der Waals surface area contributed by atoms with Crippen LogP contribution in [0.25, 0.3) is 0 Å². The Morgan fingerprint density at radius 3 is 2.76 bits per heavy atom. The quantitative estimate of drug-likeness (QED) is 0.369. The fourth-order valence-corrected chi connectivity index (χ4v) is 2.29. The number of benzene rings is 2. The fourth-order valence-electron chi connectivity index (χ4n) is 1.64. The van der Waals surface area contributed by atoms with Crippen LogP contribution in [0, 0.1) is 5.82 Å². The van der Waals surface area contributed by atoms with Crippen molar-refractivity contribution >= 4 is 33.4 Å². The molecule has 2 aromatic carbocycles. The molecule has 0 atom stereocenters. The summed E-state index contributed by atoms with van der Waals surface area (Å²) < 4.78 is 19.8.